The van der Waals surface area contributed by atoms with E-state index in [1.807, 2.05) is 0 Å². The zero-order valence-electron chi connectivity index (χ0n) is 14.3. The van der Waals surface area contributed by atoms with E-state index in [4.69, 9.17) is 15.9 Å². The van der Waals surface area contributed by atoms with Gasteiger partial charge in [0.1, 0.15) is 5.84 Å². The molecule has 8 heteroatoms. The van der Waals surface area contributed by atoms with E-state index in [1.165, 1.54) is 0 Å². The highest BCUT2D eigenvalue weighted by atomic mass is 16.6. The molecule has 0 saturated heterocycles. The lowest BCUT2D eigenvalue weighted by Crippen LogP contribution is -2.21. The molecule has 0 aliphatic rings. The quantitative estimate of drug-likeness (QED) is 0.319. The molecule has 0 radical (unpaired) electrons. The van der Waals surface area contributed by atoms with E-state index >= 15 is 0 Å². The van der Waals surface area contributed by atoms with E-state index in [0.29, 0.717) is 16.8 Å². The number of anilines is 1. The molecule has 27 heavy (non-hydrogen) atoms. The lowest BCUT2D eigenvalue weighted by atomic mass is 10.1. The van der Waals surface area contributed by atoms with Crippen LogP contribution in [0.3, 0.4) is 0 Å². The summed E-state index contributed by atoms with van der Waals surface area (Å²) < 4.78 is 4.98. The number of benzene rings is 2. The van der Waals surface area contributed by atoms with E-state index in [-0.39, 0.29) is 18.7 Å². The number of esters is 1. The van der Waals surface area contributed by atoms with Crippen LogP contribution in [0.4, 0.5) is 5.69 Å². The summed E-state index contributed by atoms with van der Waals surface area (Å²) >= 11 is 0. The fourth-order valence-electron chi connectivity index (χ4n) is 2.25. The number of rotatable bonds is 8. The van der Waals surface area contributed by atoms with Gasteiger partial charge >= 0.3 is 11.9 Å². The van der Waals surface area contributed by atoms with Crippen molar-refractivity contribution in [2.45, 2.75) is 18.9 Å². The van der Waals surface area contributed by atoms with Gasteiger partial charge in [-0.25, -0.2) is 4.79 Å². The Labute approximate surface area is 155 Å². The van der Waals surface area contributed by atoms with Crippen molar-refractivity contribution >= 4 is 29.4 Å². The molecule has 8 nitrogen and oxygen atoms in total. The Balaban J connectivity index is 1.86. The second kappa shape index (κ2) is 9.14. The summed E-state index contributed by atoms with van der Waals surface area (Å²) in [5.41, 5.74) is 6.71. The highest BCUT2D eigenvalue weighted by Gasteiger charge is 2.24. The first-order valence-electron chi connectivity index (χ1n) is 8.08. The third kappa shape index (κ3) is 5.96. The number of amides is 1. The van der Waals surface area contributed by atoms with E-state index in [1.54, 1.807) is 54.6 Å². The van der Waals surface area contributed by atoms with Crippen LogP contribution >= 0.6 is 0 Å². The standard InChI is InChI=1S/C19H19N3O5/c20-18(21)13-6-8-14(9-7-13)22-15(23)10-11-16(24)27-17(19(25)26)12-4-2-1-3-5-12/h1-9,17H,10-11H2,(H3,20,21)(H,22,23)(H,25,26)/t17-/m1/s1. The average molecular weight is 369 g/mol. The largest absolute Gasteiger partial charge is 0.478 e. The third-order valence-corrected chi connectivity index (χ3v) is 3.61. The number of nitrogens with two attached hydrogens (primary N) is 1. The van der Waals surface area contributed by atoms with Gasteiger partial charge in [0.15, 0.2) is 0 Å². The molecule has 0 bridgehead atoms. The molecule has 0 heterocycles. The van der Waals surface area contributed by atoms with Crippen molar-refractivity contribution in [2.24, 2.45) is 5.73 Å². The van der Waals surface area contributed by atoms with Crippen LogP contribution in [0.1, 0.15) is 30.1 Å². The highest BCUT2D eigenvalue weighted by Crippen LogP contribution is 2.18. The van der Waals surface area contributed by atoms with Gasteiger partial charge in [-0.1, -0.05) is 30.3 Å². The van der Waals surface area contributed by atoms with Gasteiger partial charge in [-0.15, -0.1) is 0 Å². The molecule has 0 saturated carbocycles. The lowest BCUT2D eigenvalue weighted by molar-refractivity contribution is -0.164. The van der Waals surface area contributed by atoms with Crippen LogP contribution in [0, 0.1) is 5.41 Å². The smallest absolute Gasteiger partial charge is 0.349 e. The Kier molecular flexibility index (Phi) is 6.65. The van der Waals surface area contributed by atoms with Crippen LogP contribution < -0.4 is 11.1 Å². The van der Waals surface area contributed by atoms with Gasteiger partial charge in [-0.2, -0.15) is 0 Å². The second-order valence-corrected chi connectivity index (χ2v) is 5.66. The van der Waals surface area contributed by atoms with Gasteiger partial charge in [0.2, 0.25) is 12.0 Å². The van der Waals surface area contributed by atoms with Crippen molar-refractivity contribution in [3.8, 4) is 0 Å². The fourth-order valence-corrected chi connectivity index (χ4v) is 2.25. The van der Waals surface area contributed by atoms with Gasteiger partial charge in [0.05, 0.1) is 6.42 Å². The number of aliphatic carboxylic acids is 1. The SMILES string of the molecule is N=C(N)c1ccc(NC(=O)CCC(=O)O[C@@H](C(=O)O)c2ccccc2)cc1. The molecule has 2 aromatic carbocycles. The van der Waals surface area contributed by atoms with Gasteiger partial charge in [0.25, 0.3) is 0 Å². The molecule has 0 unspecified atom stereocenters. The zero-order chi connectivity index (χ0) is 19.8. The molecular weight excluding hydrogens is 350 g/mol. The first kappa shape index (κ1) is 19.6. The molecule has 0 aliphatic carbocycles. The first-order valence-corrected chi connectivity index (χ1v) is 8.08. The van der Waals surface area contributed by atoms with Crippen molar-refractivity contribution in [1.82, 2.24) is 0 Å². The zero-order valence-corrected chi connectivity index (χ0v) is 14.3. The van der Waals surface area contributed by atoms with E-state index in [0.717, 1.165) is 0 Å². The minimum Gasteiger partial charge on any atom is -0.478 e. The van der Waals surface area contributed by atoms with Crippen LogP contribution in [0.15, 0.2) is 54.6 Å². The summed E-state index contributed by atoms with van der Waals surface area (Å²) in [6, 6.07) is 14.4. The molecule has 0 aliphatic heterocycles. The summed E-state index contributed by atoms with van der Waals surface area (Å²) in [6.45, 7) is 0. The average Bonchev–Trinajstić information content (AvgIpc) is 2.65. The number of nitrogens with one attached hydrogen (secondary N) is 2. The minimum atomic E-state index is -1.42. The van der Waals surface area contributed by atoms with Crippen molar-refractivity contribution in [1.29, 1.82) is 5.41 Å². The number of ether oxygens (including phenoxy) is 1. The lowest BCUT2D eigenvalue weighted by Gasteiger charge is -2.14. The second-order valence-electron chi connectivity index (χ2n) is 5.66. The minimum absolute atomic E-state index is 0.0815. The van der Waals surface area contributed by atoms with Gasteiger partial charge in [-0.05, 0) is 24.3 Å². The molecule has 2 aromatic rings. The summed E-state index contributed by atoms with van der Waals surface area (Å²) in [7, 11) is 0. The van der Waals surface area contributed by atoms with Crippen LogP contribution in [0.5, 0.6) is 0 Å². The molecule has 0 aromatic heterocycles. The Bertz CT molecular complexity index is 834. The van der Waals surface area contributed by atoms with Gasteiger partial charge < -0.3 is 20.9 Å². The number of hydrogen-bond donors (Lipinski definition) is 4. The number of nitrogen functional groups attached to an aromatic ring is 1. The van der Waals surface area contributed by atoms with E-state index in [2.05, 4.69) is 5.32 Å². The number of carbonyl (C=O) groups excluding carboxylic acids is 2. The normalized spacial score (nSPS) is 11.3. The number of amidine groups is 1. The molecular formula is C19H19N3O5. The predicted molar refractivity (Wildman–Crippen MR) is 98.2 cm³/mol. The summed E-state index contributed by atoms with van der Waals surface area (Å²) in [5, 5.41) is 19.1. The summed E-state index contributed by atoms with van der Waals surface area (Å²) in [4.78, 5) is 35.1. The molecule has 1 amide bonds. The Hall–Kier alpha value is -3.68. The Morgan fingerprint density at radius 3 is 2.22 bits per heavy atom. The first-order chi connectivity index (χ1) is 12.9. The summed E-state index contributed by atoms with van der Waals surface area (Å²) in [5.74, 6) is -2.57. The maximum absolute atomic E-state index is 11.9. The number of hydrogen-bond acceptors (Lipinski definition) is 5. The molecule has 0 fully saturated rings. The van der Waals surface area contributed by atoms with Crippen LogP contribution in [0.25, 0.3) is 0 Å². The summed E-state index contributed by atoms with van der Waals surface area (Å²) in [6.07, 6.45) is -1.83. The predicted octanol–water partition coefficient (Wildman–Crippen LogP) is 2.06. The molecule has 2 rings (SSSR count). The van der Waals surface area contributed by atoms with E-state index < -0.39 is 23.9 Å². The Morgan fingerprint density at radius 1 is 1.04 bits per heavy atom. The molecule has 1 atom stereocenters. The third-order valence-electron chi connectivity index (χ3n) is 3.61. The maximum Gasteiger partial charge on any atom is 0.349 e. The van der Waals surface area contributed by atoms with Gasteiger partial charge in [-0.3, -0.25) is 15.0 Å². The van der Waals surface area contributed by atoms with Crippen LogP contribution in [-0.2, 0) is 19.1 Å². The number of carbonyl (C=O) groups is 3. The fraction of sp³-hybridized carbons (Fsp3) is 0.158. The van der Waals surface area contributed by atoms with Gasteiger partial charge in [0, 0.05) is 23.2 Å². The van der Waals surface area contributed by atoms with E-state index in [9.17, 15) is 19.5 Å². The highest BCUT2D eigenvalue weighted by molar-refractivity contribution is 5.96. The van der Waals surface area contributed by atoms with Crippen molar-refractivity contribution in [2.75, 3.05) is 5.32 Å². The van der Waals surface area contributed by atoms with Crippen molar-refractivity contribution in [3.63, 3.8) is 0 Å². The molecule has 0 spiro atoms. The maximum atomic E-state index is 11.9. The number of carboxylic acid groups (broad SMARTS) is 1. The number of carboxylic acids is 1. The van der Waals surface area contributed by atoms with Crippen molar-refractivity contribution in [3.05, 3.63) is 65.7 Å². The monoisotopic (exact) mass is 369 g/mol. The van der Waals surface area contributed by atoms with Crippen LogP contribution in [-0.4, -0.2) is 28.8 Å². The van der Waals surface area contributed by atoms with Crippen molar-refractivity contribution < 1.29 is 24.2 Å². The molecule has 140 valence electrons. The molecule has 5 N–H and O–H groups in total. The topological polar surface area (TPSA) is 143 Å². The van der Waals surface area contributed by atoms with Crippen LogP contribution in [0.2, 0.25) is 0 Å². The Morgan fingerprint density at radius 2 is 1.67 bits per heavy atom.